The van der Waals surface area contributed by atoms with Gasteiger partial charge in [0.05, 0.1) is 38.6 Å². The number of hydrogen-bond donors (Lipinski definition) is 12. The molecule has 0 radical (unpaired) electrons. The highest BCUT2D eigenvalue weighted by Crippen LogP contribution is 2.34. The highest BCUT2D eigenvalue weighted by atomic mass is 16.8. The van der Waals surface area contributed by atoms with Crippen LogP contribution in [0.2, 0.25) is 0 Å². The van der Waals surface area contributed by atoms with Gasteiger partial charge in [0.1, 0.15) is 73.2 Å². The number of ether oxygens (including phenoxy) is 6. The van der Waals surface area contributed by atoms with Gasteiger partial charge in [-0.25, -0.2) is 0 Å². The average Bonchev–Trinajstić information content (AvgIpc) is 0.779. The Morgan fingerprint density at radius 3 is 1.00 bits per heavy atom. The summed E-state index contributed by atoms with van der Waals surface area (Å²) < 4.78 is 34.6. The molecule has 634 valence electrons. The Morgan fingerprint density at radius 2 is 0.639 bits per heavy atom. The van der Waals surface area contributed by atoms with E-state index in [1.165, 1.54) is 276 Å². The molecule has 3 rings (SSSR count). The summed E-state index contributed by atoms with van der Waals surface area (Å²) in [7, 11) is 0. The Morgan fingerprint density at radius 1 is 0.343 bits per heavy atom. The van der Waals surface area contributed by atoms with Crippen molar-refractivity contribution in [3.63, 3.8) is 0 Å². The summed E-state index contributed by atoms with van der Waals surface area (Å²) >= 11 is 0. The molecule has 0 aromatic heterocycles. The molecule has 1 amide bonds. The summed E-state index contributed by atoms with van der Waals surface area (Å²) in [6, 6.07) is -0.890. The SMILES string of the molecule is CC/C=C\C/C=C\C/C=C\C/C=C\CCCCCCCCCCCCCCCCCCCCC(=O)NC(COC1OC(CO)C(OC2OC(CO)C(OC3OC(CO)C(O)C(O)C3O)C(O)C2O)C(O)C1O)C(O)CCCCCCCCCCCCCCCCCCCCCCCCCCCCCCCCCC. The molecule has 3 fully saturated rings. The van der Waals surface area contributed by atoms with Crippen LogP contribution >= 0.6 is 0 Å². The van der Waals surface area contributed by atoms with Crippen molar-refractivity contribution in [2.24, 2.45) is 0 Å². The molecule has 3 aliphatic rings. The molecule has 0 bridgehead atoms. The van der Waals surface area contributed by atoms with Crippen molar-refractivity contribution in [1.82, 2.24) is 5.32 Å². The van der Waals surface area contributed by atoms with E-state index in [-0.39, 0.29) is 18.9 Å². The zero-order valence-electron chi connectivity index (χ0n) is 68.3. The smallest absolute Gasteiger partial charge is 0.220 e. The van der Waals surface area contributed by atoms with Crippen molar-refractivity contribution in [3.05, 3.63) is 48.6 Å². The lowest BCUT2D eigenvalue weighted by atomic mass is 9.96. The van der Waals surface area contributed by atoms with Gasteiger partial charge in [0.25, 0.3) is 0 Å². The quantitative estimate of drug-likeness (QED) is 0.0199. The molecule has 0 saturated carbocycles. The second kappa shape index (κ2) is 69.1. The van der Waals surface area contributed by atoms with E-state index in [0.717, 1.165) is 70.6 Å². The predicted molar refractivity (Wildman–Crippen MR) is 434 cm³/mol. The first-order valence-electron chi connectivity index (χ1n) is 44.9. The predicted octanol–water partition coefficient (Wildman–Crippen LogP) is 16.8. The van der Waals surface area contributed by atoms with Gasteiger partial charge >= 0.3 is 0 Å². The minimum atomic E-state index is -1.97. The number of amides is 1. The van der Waals surface area contributed by atoms with Crippen molar-refractivity contribution >= 4 is 5.91 Å². The number of unbranched alkanes of at least 4 members (excludes halogenated alkanes) is 49. The number of rotatable bonds is 73. The maximum Gasteiger partial charge on any atom is 0.220 e. The number of allylic oxidation sites excluding steroid dienone is 8. The highest BCUT2D eigenvalue weighted by Gasteiger charge is 2.54. The fraction of sp³-hybridized carbons (Fsp3) is 0.899. The number of carbonyl (C=O) groups is 1. The van der Waals surface area contributed by atoms with Gasteiger partial charge in [0.2, 0.25) is 5.91 Å². The van der Waals surface area contributed by atoms with E-state index in [1.54, 1.807) is 0 Å². The lowest BCUT2D eigenvalue weighted by molar-refractivity contribution is -0.379. The van der Waals surface area contributed by atoms with Crippen LogP contribution in [0.3, 0.4) is 0 Å². The molecule has 0 aromatic carbocycles. The molecular weight excluding hydrogens is 1370 g/mol. The molecular formula is C89H165NO18. The lowest BCUT2D eigenvalue weighted by Gasteiger charge is -2.48. The number of carbonyl (C=O) groups excluding carboxylic acids is 1. The van der Waals surface area contributed by atoms with Gasteiger partial charge in [0, 0.05) is 6.42 Å². The molecule has 108 heavy (non-hydrogen) atoms. The minimum absolute atomic E-state index is 0.236. The van der Waals surface area contributed by atoms with Crippen LogP contribution in [0, 0.1) is 0 Å². The largest absolute Gasteiger partial charge is 0.394 e. The number of hydrogen-bond acceptors (Lipinski definition) is 18. The van der Waals surface area contributed by atoms with Crippen LogP contribution in [0.15, 0.2) is 48.6 Å². The zero-order chi connectivity index (χ0) is 78.1. The van der Waals surface area contributed by atoms with E-state index < -0.39 is 124 Å². The summed E-state index contributed by atoms with van der Waals surface area (Å²) in [4.78, 5) is 13.5. The van der Waals surface area contributed by atoms with Crippen LogP contribution in [0.25, 0.3) is 0 Å². The molecule has 3 heterocycles. The Hall–Kier alpha value is -2.25. The monoisotopic (exact) mass is 1540 g/mol. The lowest BCUT2D eigenvalue weighted by Crippen LogP contribution is -2.66. The van der Waals surface area contributed by atoms with Gasteiger partial charge in [-0.3, -0.25) is 4.79 Å². The second-order valence-corrected chi connectivity index (χ2v) is 32.0. The number of aliphatic hydroxyl groups excluding tert-OH is 11. The summed E-state index contributed by atoms with van der Waals surface area (Å²) in [5.41, 5.74) is 0. The summed E-state index contributed by atoms with van der Waals surface area (Å²) in [6.45, 7) is 1.75. The van der Waals surface area contributed by atoms with Crippen LogP contribution in [-0.4, -0.2) is 193 Å². The van der Waals surface area contributed by atoms with Crippen molar-refractivity contribution in [3.8, 4) is 0 Å². The summed E-state index contributed by atoms with van der Waals surface area (Å²) in [5.74, 6) is -0.236. The molecule has 12 N–H and O–H groups in total. The van der Waals surface area contributed by atoms with Crippen molar-refractivity contribution in [2.75, 3.05) is 26.4 Å². The second-order valence-electron chi connectivity index (χ2n) is 32.0. The molecule has 3 saturated heterocycles. The van der Waals surface area contributed by atoms with E-state index in [0.29, 0.717) is 12.8 Å². The Labute approximate surface area is 656 Å². The van der Waals surface area contributed by atoms with Gasteiger partial charge in [-0.1, -0.05) is 371 Å². The van der Waals surface area contributed by atoms with Crippen LogP contribution < -0.4 is 5.32 Å². The third-order valence-electron chi connectivity index (χ3n) is 22.4. The molecule has 19 nitrogen and oxygen atoms in total. The highest BCUT2D eigenvalue weighted by molar-refractivity contribution is 5.76. The average molecular weight is 1540 g/mol. The molecule has 17 atom stereocenters. The maximum absolute atomic E-state index is 13.5. The van der Waals surface area contributed by atoms with E-state index >= 15 is 0 Å². The molecule has 0 spiro atoms. The molecule has 0 aliphatic carbocycles. The molecule has 19 heteroatoms. The van der Waals surface area contributed by atoms with Crippen LogP contribution in [0.1, 0.15) is 380 Å². The number of aliphatic hydroxyl groups is 11. The first kappa shape index (κ1) is 99.9. The van der Waals surface area contributed by atoms with E-state index in [9.17, 15) is 61.0 Å². The van der Waals surface area contributed by atoms with Crippen molar-refractivity contribution in [1.29, 1.82) is 0 Å². The Bertz CT molecular complexity index is 2130. The zero-order valence-corrected chi connectivity index (χ0v) is 68.3. The first-order valence-corrected chi connectivity index (χ1v) is 44.9. The van der Waals surface area contributed by atoms with Crippen LogP contribution in [-0.2, 0) is 33.2 Å². The van der Waals surface area contributed by atoms with E-state index in [2.05, 4.69) is 67.8 Å². The van der Waals surface area contributed by atoms with Gasteiger partial charge in [-0.05, 0) is 51.4 Å². The standard InChI is InChI=1S/C89H165NO18/c1-3-5-7-9-11-13-15-17-19-21-23-25-27-29-31-33-35-37-38-40-42-44-46-48-50-52-54-56-58-60-62-64-66-73(94)72(90-77(95)67-65-63-61-59-57-55-53-51-49-47-45-43-41-39-36-34-32-30-28-26-24-22-20-18-16-14-12-10-8-6-4-2)71-103-87-83(101)80(98)85(75(69-92)105-87)108-89-84(102)81(99)86(76(70-93)106-89)107-88-82(100)79(97)78(96)74(68-91)104-88/h6,8,12,14,18,20,24,26,72-76,78-89,91-94,96-102H,3-5,7,9-11,13,15-17,19,21-23,25,27-71H2,1-2H3,(H,90,95)/b8-6-,14-12-,20-18-,26-24-. The summed E-state index contributed by atoms with van der Waals surface area (Å²) in [5, 5.41) is 121. The molecule has 0 aromatic rings. The van der Waals surface area contributed by atoms with Crippen LogP contribution in [0.4, 0.5) is 0 Å². The topological polar surface area (TPSA) is 307 Å². The van der Waals surface area contributed by atoms with Gasteiger partial charge in [0.15, 0.2) is 18.9 Å². The first-order chi connectivity index (χ1) is 52.8. The van der Waals surface area contributed by atoms with Gasteiger partial charge in [-0.15, -0.1) is 0 Å². The van der Waals surface area contributed by atoms with Crippen LogP contribution in [0.5, 0.6) is 0 Å². The maximum atomic E-state index is 13.5. The van der Waals surface area contributed by atoms with E-state index in [4.69, 9.17) is 28.4 Å². The van der Waals surface area contributed by atoms with Gasteiger partial charge in [-0.2, -0.15) is 0 Å². The fourth-order valence-corrected chi connectivity index (χ4v) is 15.3. The Balaban J connectivity index is 1.32. The molecule has 17 unspecified atom stereocenters. The number of nitrogens with one attached hydrogen (secondary N) is 1. The normalized spacial score (nSPS) is 25.6. The third-order valence-corrected chi connectivity index (χ3v) is 22.4. The van der Waals surface area contributed by atoms with E-state index in [1.807, 2.05) is 0 Å². The summed E-state index contributed by atoms with van der Waals surface area (Å²) in [6.07, 6.45) is 62.2. The third kappa shape index (κ3) is 47.6. The van der Waals surface area contributed by atoms with Crippen molar-refractivity contribution in [2.45, 2.75) is 484 Å². The minimum Gasteiger partial charge on any atom is -0.394 e. The Kier molecular flexibility index (Phi) is 63.9. The fourth-order valence-electron chi connectivity index (χ4n) is 15.3. The molecule has 3 aliphatic heterocycles. The van der Waals surface area contributed by atoms with Crippen molar-refractivity contribution < 1.29 is 89.4 Å². The van der Waals surface area contributed by atoms with Gasteiger partial charge < -0.3 is 89.9 Å².